The number of nitrogens with zero attached hydrogens (tertiary/aromatic N) is 1. The first kappa shape index (κ1) is 31.1. The van der Waals surface area contributed by atoms with Gasteiger partial charge in [-0.1, -0.05) is 96.1 Å². The molecule has 0 aliphatic carbocycles. The Morgan fingerprint density at radius 3 is 1.97 bits per heavy atom. The number of amides is 3. The van der Waals surface area contributed by atoms with Crippen LogP contribution in [-0.2, 0) is 14.4 Å². The zero-order valence-electron chi connectivity index (χ0n) is 22.1. The number of carbonyl (C=O) groups is 3. The van der Waals surface area contributed by atoms with Gasteiger partial charge >= 0.3 is 0 Å². The molecule has 2 N–H and O–H groups in total. The SMILES string of the molecule is CCCCCCCCCCCCC/C=C/CC(CO)NC(=O)CCCCCCN1C(=O)C=CC1=O. The summed E-state index contributed by atoms with van der Waals surface area (Å²) in [5, 5.41) is 12.5. The molecule has 1 atom stereocenters. The van der Waals surface area contributed by atoms with Crippen LogP contribution in [0.15, 0.2) is 24.3 Å². The lowest BCUT2D eigenvalue weighted by molar-refractivity contribution is -0.136. The van der Waals surface area contributed by atoms with Gasteiger partial charge in [-0.25, -0.2) is 0 Å². The highest BCUT2D eigenvalue weighted by Gasteiger charge is 2.22. The van der Waals surface area contributed by atoms with E-state index in [1.165, 1.54) is 87.7 Å². The van der Waals surface area contributed by atoms with E-state index in [0.29, 0.717) is 19.4 Å². The number of unbranched alkanes of at least 4 members (excludes halogenated alkanes) is 14. The smallest absolute Gasteiger partial charge is 0.253 e. The first-order chi connectivity index (χ1) is 17.1. The number of allylic oxidation sites excluding steroid dienone is 1. The van der Waals surface area contributed by atoms with Crippen molar-refractivity contribution in [3.63, 3.8) is 0 Å². The average molecular weight is 491 g/mol. The molecule has 1 aliphatic heterocycles. The van der Waals surface area contributed by atoms with Crippen LogP contribution >= 0.6 is 0 Å². The second kappa shape index (κ2) is 21.3. The van der Waals surface area contributed by atoms with Gasteiger partial charge in [0.15, 0.2) is 0 Å². The summed E-state index contributed by atoms with van der Waals surface area (Å²) in [6.07, 6.45) is 27.1. The number of rotatable bonds is 23. The van der Waals surface area contributed by atoms with Gasteiger partial charge in [0.25, 0.3) is 11.8 Å². The zero-order chi connectivity index (χ0) is 25.6. The first-order valence-electron chi connectivity index (χ1n) is 14.2. The van der Waals surface area contributed by atoms with Crippen LogP contribution < -0.4 is 5.32 Å². The molecule has 0 bridgehead atoms. The van der Waals surface area contributed by atoms with E-state index in [-0.39, 0.29) is 30.4 Å². The molecule has 0 radical (unpaired) electrons. The van der Waals surface area contributed by atoms with Crippen LogP contribution in [0.4, 0.5) is 0 Å². The molecule has 1 aliphatic rings. The summed E-state index contributed by atoms with van der Waals surface area (Å²) in [5.41, 5.74) is 0. The summed E-state index contributed by atoms with van der Waals surface area (Å²) in [6.45, 7) is 2.65. The normalized spacial score (nSPS) is 14.4. The number of carbonyl (C=O) groups excluding carboxylic acids is 3. The van der Waals surface area contributed by atoms with Gasteiger partial charge in [0.05, 0.1) is 12.6 Å². The molecule has 1 heterocycles. The molecule has 6 heteroatoms. The van der Waals surface area contributed by atoms with Crippen LogP contribution in [-0.4, -0.2) is 46.9 Å². The maximum atomic E-state index is 12.1. The molecule has 1 unspecified atom stereocenters. The van der Waals surface area contributed by atoms with Crippen molar-refractivity contribution in [2.45, 2.75) is 129 Å². The van der Waals surface area contributed by atoms with Gasteiger partial charge in [0.1, 0.15) is 0 Å². The minimum absolute atomic E-state index is 0.0306. The van der Waals surface area contributed by atoms with Crippen molar-refractivity contribution in [2.75, 3.05) is 13.2 Å². The van der Waals surface area contributed by atoms with Crippen molar-refractivity contribution in [3.05, 3.63) is 24.3 Å². The Morgan fingerprint density at radius 2 is 1.37 bits per heavy atom. The Labute approximate surface area is 213 Å². The molecular weight excluding hydrogens is 440 g/mol. The Hall–Kier alpha value is -1.95. The molecule has 200 valence electrons. The minimum atomic E-state index is -0.239. The molecule has 35 heavy (non-hydrogen) atoms. The van der Waals surface area contributed by atoms with Crippen molar-refractivity contribution in [1.82, 2.24) is 10.2 Å². The minimum Gasteiger partial charge on any atom is -0.394 e. The van der Waals surface area contributed by atoms with Crippen molar-refractivity contribution < 1.29 is 19.5 Å². The van der Waals surface area contributed by atoms with Crippen LogP contribution in [0.1, 0.15) is 122 Å². The number of hydrogen-bond donors (Lipinski definition) is 2. The summed E-state index contributed by atoms with van der Waals surface area (Å²) < 4.78 is 0. The molecule has 6 nitrogen and oxygen atoms in total. The molecule has 3 amide bonds. The van der Waals surface area contributed by atoms with E-state index in [2.05, 4.69) is 24.4 Å². The van der Waals surface area contributed by atoms with E-state index in [1.807, 2.05) is 0 Å². The monoisotopic (exact) mass is 490 g/mol. The van der Waals surface area contributed by atoms with Gasteiger partial charge in [-0.15, -0.1) is 0 Å². The van der Waals surface area contributed by atoms with Crippen LogP contribution in [0.25, 0.3) is 0 Å². The fourth-order valence-corrected chi connectivity index (χ4v) is 4.34. The average Bonchev–Trinajstić information content (AvgIpc) is 3.17. The molecule has 0 aromatic carbocycles. The third-order valence-electron chi connectivity index (χ3n) is 6.58. The fourth-order valence-electron chi connectivity index (χ4n) is 4.34. The summed E-state index contributed by atoms with van der Waals surface area (Å²) in [6, 6.07) is -0.226. The Balaban J connectivity index is 1.94. The molecule has 0 saturated carbocycles. The molecule has 1 rings (SSSR count). The largest absolute Gasteiger partial charge is 0.394 e. The number of nitrogens with one attached hydrogen (secondary N) is 1. The Morgan fingerprint density at radius 1 is 0.829 bits per heavy atom. The maximum Gasteiger partial charge on any atom is 0.253 e. The lowest BCUT2D eigenvalue weighted by Crippen LogP contribution is -2.36. The molecule has 0 aromatic rings. The quantitative estimate of drug-likeness (QED) is 0.105. The van der Waals surface area contributed by atoms with E-state index < -0.39 is 0 Å². The lowest BCUT2D eigenvalue weighted by atomic mass is 10.1. The Bertz CT molecular complexity index is 627. The fraction of sp³-hybridized carbons (Fsp3) is 0.759. The summed E-state index contributed by atoms with van der Waals surface area (Å²) >= 11 is 0. The van der Waals surface area contributed by atoms with Crippen LogP contribution in [0.5, 0.6) is 0 Å². The summed E-state index contributed by atoms with van der Waals surface area (Å²) in [5.74, 6) is -0.508. The highest BCUT2D eigenvalue weighted by molar-refractivity contribution is 6.12. The zero-order valence-corrected chi connectivity index (χ0v) is 22.1. The molecule has 0 fully saturated rings. The number of aliphatic hydroxyl groups is 1. The lowest BCUT2D eigenvalue weighted by Gasteiger charge is -2.15. The molecule has 0 saturated heterocycles. The topological polar surface area (TPSA) is 86.7 Å². The highest BCUT2D eigenvalue weighted by Crippen LogP contribution is 2.12. The predicted molar refractivity (Wildman–Crippen MR) is 143 cm³/mol. The molecule has 0 spiro atoms. The van der Waals surface area contributed by atoms with E-state index >= 15 is 0 Å². The maximum absolute atomic E-state index is 12.1. The van der Waals surface area contributed by atoms with Crippen molar-refractivity contribution in [2.24, 2.45) is 0 Å². The van der Waals surface area contributed by atoms with Crippen molar-refractivity contribution in [1.29, 1.82) is 0 Å². The third kappa shape index (κ3) is 16.4. The molecular formula is C29H50N2O4. The number of imide groups is 1. The van der Waals surface area contributed by atoms with E-state index in [0.717, 1.165) is 32.1 Å². The van der Waals surface area contributed by atoms with E-state index in [9.17, 15) is 19.5 Å². The van der Waals surface area contributed by atoms with Crippen molar-refractivity contribution >= 4 is 17.7 Å². The number of aliphatic hydroxyl groups excluding tert-OH is 1. The third-order valence-corrected chi connectivity index (χ3v) is 6.58. The van der Waals surface area contributed by atoms with Gasteiger partial charge in [-0.3, -0.25) is 19.3 Å². The van der Waals surface area contributed by atoms with Gasteiger partial charge in [0.2, 0.25) is 5.91 Å². The summed E-state index contributed by atoms with van der Waals surface area (Å²) in [4.78, 5) is 36.4. The van der Waals surface area contributed by atoms with Gasteiger partial charge in [0, 0.05) is 25.1 Å². The van der Waals surface area contributed by atoms with E-state index in [1.54, 1.807) is 0 Å². The van der Waals surface area contributed by atoms with E-state index in [4.69, 9.17) is 0 Å². The second-order valence-corrected chi connectivity index (χ2v) is 9.80. The van der Waals surface area contributed by atoms with Gasteiger partial charge in [-0.05, 0) is 32.1 Å². The van der Waals surface area contributed by atoms with Crippen LogP contribution in [0.2, 0.25) is 0 Å². The number of hydrogen-bond acceptors (Lipinski definition) is 4. The molecule has 0 aromatic heterocycles. The second-order valence-electron chi connectivity index (χ2n) is 9.80. The summed E-state index contributed by atoms with van der Waals surface area (Å²) in [7, 11) is 0. The van der Waals surface area contributed by atoms with Gasteiger partial charge in [-0.2, -0.15) is 0 Å². The standard InChI is InChI=1S/C29H50N2O4/c1-2-3-4-5-6-7-8-9-10-11-12-13-14-17-20-26(25-32)30-27(33)21-18-15-16-19-24-31-28(34)22-23-29(31)35/h14,17,22-23,26,32H,2-13,15-16,18-21,24-25H2,1H3,(H,30,33)/b17-14+. The van der Waals surface area contributed by atoms with Crippen LogP contribution in [0, 0.1) is 0 Å². The van der Waals surface area contributed by atoms with Crippen molar-refractivity contribution in [3.8, 4) is 0 Å². The van der Waals surface area contributed by atoms with Crippen LogP contribution in [0.3, 0.4) is 0 Å². The highest BCUT2D eigenvalue weighted by atomic mass is 16.3. The first-order valence-corrected chi connectivity index (χ1v) is 14.2. The Kier molecular flexibility index (Phi) is 19.0. The van der Waals surface area contributed by atoms with Gasteiger partial charge < -0.3 is 10.4 Å². The predicted octanol–water partition coefficient (Wildman–Crippen LogP) is 5.99.